The van der Waals surface area contributed by atoms with E-state index in [2.05, 4.69) is 22.1 Å². The van der Waals surface area contributed by atoms with Gasteiger partial charge in [-0.15, -0.1) is 0 Å². The van der Waals surface area contributed by atoms with E-state index in [0.29, 0.717) is 24.7 Å². The highest BCUT2D eigenvalue weighted by atomic mass is 35.5. The van der Waals surface area contributed by atoms with Crippen LogP contribution in [0.5, 0.6) is 11.5 Å². The Hall–Kier alpha value is -2.25. The average Bonchev–Trinajstić information content (AvgIpc) is 3.22. The second kappa shape index (κ2) is 11.0. The molecule has 1 aliphatic rings. The van der Waals surface area contributed by atoms with Gasteiger partial charge >= 0.3 is 0 Å². The fraction of sp³-hybridized carbons (Fsp3) is 0.423. The summed E-state index contributed by atoms with van der Waals surface area (Å²) in [5.41, 5.74) is 2.26. The summed E-state index contributed by atoms with van der Waals surface area (Å²) in [7, 11) is 0. The first kappa shape index (κ1) is 24.9. The molecule has 4 rings (SSSR count). The lowest BCUT2D eigenvalue weighted by atomic mass is 9.93. The molecule has 0 spiro atoms. The standard InChI is InChI=1S/C26H31Cl2N3O3/c1-19-12-24(13-20(2)25(19)28)34-18-26(32)8-3-9-30(17-26)15-21-4-6-23(7-5-21)33-11-10-31-16-22(27)14-29-31/h4-7,12-14,16,32H,3,8-11,15,17-18H2,1-2H3/t26-/m0/s1. The summed E-state index contributed by atoms with van der Waals surface area (Å²) in [4.78, 5) is 2.28. The Balaban J connectivity index is 1.26. The highest BCUT2D eigenvalue weighted by Crippen LogP contribution is 2.28. The predicted molar refractivity (Wildman–Crippen MR) is 135 cm³/mol. The third kappa shape index (κ3) is 6.66. The van der Waals surface area contributed by atoms with Crippen LogP contribution in [0.15, 0.2) is 48.8 Å². The van der Waals surface area contributed by atoms with Crippen molar-refractivity contribution in [3.05, 3.63) is 75.5 Å². The topological polar surface area (TPSA) is 59.8 Å². The highest BCUT2D eigenvalue weighted by molar-refractivity contribution is 6.32. The van der Waals surface area contributed by atoms with E-state index in [1.165, 1.54) is 5.56 Å². The molecule has 6 nitrogen and oxygen atoms in total. The molecule has 1 fully saturated rings. The number of aliphatic hydroxyl groups is 1. The van der Waals surface area contributed by atoms with Crippen LogP contribution in [0.3, 0.4) is 0 Å². The van der Waals surface area contributed by atoms with Crippen LogP contribution in [0.25, 0.3) is 0 Å². The Morgan fingerprint density at radius 1 is 1.06 bits per heavy atom. The first-order chi connectivity index (χ1) is 16.3. The van der Waals surface area contributed by atoms with Crippen molar-refractivity contribution in [2.45, 2.75) is 45.4 Å². The number of halogens is 2. The molecule has 3 aromatic rings. The van der Waals surface area contributed by atoms with Gasteiger partial charge in [0, 0.05) is 24.3 Å². The second-order valence-electron chi connectivity index (χ2n) is 9.11. The molecule has 8 heteroatoms. The summed E-state index contributed by atoms with van der Waals surface area (Å²) in [6.07, 6.45) is 5.04. The number of likely N-dealkylation sites (tertiary alicyclic amines) is 1. The zero-order valence-electron chi connectivity index (χ0n) is 19.6. The van der Waals surface area contributed by atoms with E-state index in [1.54, 1.807) is 17.1 Å². The fourth-order valence-electron chi connectivity index (χ4n) is 4.33. The largest absolute Gasteiger partial charge is 0.492 e. The summed E-state index contributed by atoms with van der Waals surface area (Å²) < 4.78 is 13.6. The molecule has 182 valence electrons. The minimum Gasteiger partial charge on any atom is -0.492 e. The van der Waals surface area contributed by atoms with Gasteiger partial charge in [-0.1, -0.05) is 35.3 Å². The molecule has 1 aromatic heterocycles. The average molecular weight is 504 g/mol. The molecule has 0 unspecified atom stereocenters. The van der Waals surface area contributed by atoms with Crippen LogP contribution in [-0.2, 0) is 13.1 Å². The number of hydrogen-bond acceptors (Lipinski definition) is 5. The Kier molecular flexibility index (Phi) is 8.04. The maximum atomic E-state index is 11.2. The van der Waals surface area contributed by atoms with Gasteiger partial charge in [0.25, 0.3) is 0 Å². The van der Waals surface area contributed by atoms with Crippen molar-refractivity contribution in [3.63, 3.8) is 0 Å². The number of ether oxygens (including phenoxy) is 2. The molecule has 2 heterocycles. The number of aryl methyl sites for hydroxylation is 2. The van der Waals surface area contributed by atoms with E-state index in [0.717, 1.165) is 53.6 Å². The minimum atomic E-state index is -0.877. The Morgan fingerprint density at radius 2 is 1.79 bits per heavy atom. The third-order valence-electron chi connectivity index (χ3n) is 6.07. The maximum Gasteiger partial charge on any atom is 0.120 e. The zero-order valence-corrected chi connectivity index (χ0v) is 21.1. The SMILES string of the molecule is Cc1cc(OC[C@]2(O)CCCN(Cc3ccc(OCCn4cc(Cl)cn4)cc3)C2)cc(C)c1Cl. The van der Waals surface area contributed by atoms with Crippen LogP contribution in [0.1, 0.15) is 29.5 Å². The summed E-state index contributed by atoms with van der Waals surface area (Å²) in [6, 6.07) is 12.0. The van der Waals surface area contributed by atoms with Crippen molar-refractivity contribution in [1.82, 2.24) is 14.7 Å². The van der Waals surface area contributed by atoms with Crippen LogP contribution >= 0.6 is 23.2 Å². The van der Waals surface area contributed by atoms with Gasteiger partial charge in [-0.3, -0.25) is 9.58 Å². The van der Waals surface area contributed by atoms with Crippen LogP contribution in [-0.4, -0.2) is 51.7 Å². The lowest BCUT2D eigenvalue weighted by Crippen LogP contribution is -2.51. The summed E-state index contributed by atoms with van der Waals surface area (Å²) in [5, 5.41) is 16.7. The molecule has 34 heavy (non-hydrogen) atoms. The first-order valence-corrected chi connectivity index (χ1v) is 12.3. The van der Waals surface area contributed by atoms with Gasteiger partial charge in [-0.25, -0.2) is 0 Å². The van der Waals surface area contributed by atoms with E-state index in [1.807, 2.05) is 38.1 Å². The van der Waals surface area contributed by atoms with Gasteiger partial charge in [0.1, 0.15) is 30.3 Å². The molecule has 0 bridgehead atoms. The summed E-state index contributed by atoms with van der Waals surface area (Å²) in [6.45, 7) is 7.64. The fourth-order valence-corrected chi connectivity index (χ4v) is 4.60. The van der Waals surface area contributed by atoms with E-state index in [4.69, 9.17) is 32.7 Å². The number of aromatic nitrogens is 2. The Morgan fingerprint density at radius 3 is 2.47 bits per heavy atom. The van der Waals surface area contributed by atoms with E-state index in [-0.39, 0.29) is 6.61 Å². The number of nitrogens with zero attached hydrogens (tertiary/aromatic N) is 3. The van der Waals surface area contributed by atoms with Crippen LogP contribution in [0.4, 0.5) is 0 Å². The van der Waals surface area contributed by atoms with E-state index < -0.39 is 5.60 Å². The molecule has 1 N–H and O–H groups in total. The van der Waals surface area contributed by atoms with E-state index >= 15 is 0 Å². The van der Waals surface area contributed by atoms with Gasteiger partial charge in [0.05, 0.1) is 17.8 Å². The molecule has 1 aliphatic heterocycles. The zero-order chi connectivity index (χ0) is 24.1. The lowest BCUT2D eigenvalue weighted by molar-refractivity contribution is -0.0621. The molecular weight excluding hydrogens is 473 g/mol. The minimum absolute atomic E-state index is 0.262. The molecule has 0 saturated carbocycles. The number of piperidine rings is 1. The van der Waals surface area contributed by atoms with Gasteiger partial charge in [-0.05, 0) is 74.2 Å². The van der Waals surface area contributed by atoms with Crippen LogP contribution in [0, 0.1) is 13.8 Å². The summed E-state index contributed by atoms with van der Waals surface area (Å²) >= 11 is 12.1. The lowest BCUT2D eigenvalue weighted by Gasteiger charge is -2.39. The Labute approximate surface area is 211 Å². The number of hydrogen-bond donors (Lipinski definition) is 1. The van der Waals surface area contributed by atoms with Crippen LogP contribution in [0.2, 0.25) is 10.0 Å². The van der Waals surface area contributed by atoms with Crippen LogP contribution < -0.4 is 9.47 Å². The van der Waals surface area contributed by atoms with Crippen molar-refractivity contribution in [2.24, 2.45) is 0 Å². The molecule has 2 aromatic carbocycles. The van der Waals surface area contributed by atoms with Gasteiger partial charge in [-0.2, -0.15) is 5.10 Å². The van der Waals surface area contributed by atoms with Crippen molar-refractivity contribution in [2.75, 3.05) is 26.3 Å². The van der Waals surface area contributed by atoms with Gasteiger partial charge < -0.3 is 14.6 Å². The Bertz CT molecular complexity index is 1080. The monoisotopic (exact) mass is 503 g/mol. The van der Waals surface area contributed by atoms with E-state index in [9.17, 15) is 5.11 Å². The van der Waals surface area contributed by atoms with Gasteiger partial charge in [0.15, 0.2) is 0 Å². The van der Waals surface area contributed by atoms with Crippen molar-refractivity contribution in [3.8, 4) is 11.5 Å². The number of benzene rings is 2. The molecule has 1 atom stereocenters. The number of rotatable bonds is 9. The molecule has 0 radical (unpaired) electrons. The van der Waals surface area contributed by atoms with Gasteiger partial charge in [0.2, 0.25) is 0 Å². The summed E-state index contributed by atoms with van der Waals surface area (Å²) in [5.74, 6) is 1.57. The van der Waals surface area contributed by atoms with Crippen molar-refractivity contribution >= 4 is 23.2 Å². The third-order valence-corrected chi connectivity index (χ3v) is 6.86. The number of β-amino-alcohol motifs (C(OH)–C–C–N with tert-alkyl or cyclic N) is 1. The molecule has 1 saturated heterocycles. The maximum absolute atomic E-state index is 11.2. The van der Waals surface area contributed by atoms with Crippen molar-refractivity contribution < 1.29 is 14.6 Å². The molecule has 0 aliphatic carbocycles. The smallest absolute Gasteiger partial charge is 0.120 e. The highest BCUT2D eigenvalue weighted by Gasteiger charge is 2.34. The van der Waals surface area contributed by atoms with Crippen molar-refractivity contribution in [1.29, 1.82) is 0 Å². The quantitative estimate of drug-likeness (QED) is 0.429. The normalized spacial score (nSPS) is 18.7. The molecular formula is C26H31Cl2N3O3. The molecule has 0 amide bonds. The second-order valence-corrected chi connectivity index (χ2v) is 9.93. The first-order valence-electron chi connectivity index (χ1n) is 11.5. The predicted octanol–water partition coefficient (Wildman–Crippen LogP) is 5.29.